The van der Waals surface area contributed by atoms with Crippen molar-refractivity contribution < 1.29 is 39.0 Å². The summed E-state index contributed by atoms with van der Waals surface area (Å²) in [6, 6.07) is 0. The molecular formula is C30H48O8. The second kappa shape index (κ2) is 10.5. The van der Waals surface area contributed by atoms with Crippen LogP contribution in [0.25, 0.3) is 0 Å². The predicted octanol–water partition coefficient (Wildman–Crippen LogP) is 3.33. The standard InChI is InChI=1S/C30H48O8/c1-15(2)18-10-11-30(6)12-20-17(13-34-7)8-9-19(20)16(3)23(31)27(22(18)30)37-28-25(33)24(32)26-21(36-28)14-35-29(4,5)38-26/h12,15-17,19,21,23-28,31-33H,8-11,13-14H2,1-7H3/b20-12-/t16-,17-,19+,21-,23-,24-,25-,26-,27-,28+,30-/m1/s1. The topological polar surface area (TPSA) is 107 Å². The Morgan fingerprint density at radius 2 is 1.82 bits per heavy atom. The zero-order chi connectivity index (χ0) is 27.6. The first kappa shape index (κ1) is 28.7. The maximum absolute atomic E-state index is 12.0. The molecule has 5 aliphatic rings. The third-order valence-electron chi connectivity index (χ3n) is 9.86. The van der Waals surface area contributed by atoms with Crippen LogP contribution >= 0.6 is 0 Å². The summed E-state index contributed by atoms with van der Waals surface area (Å²) in [5, 5.41) is 34.1. The van der Waals surface area contributed by atoms with Crippen molar-refractivity contribution in [1.29, 1.82) is 0 Å². The number of hydrogen-bond acceptors (Lipinski definition) is 8. The van der Waals surface area contributed by atoms with E-state index in [1.165, 1.54) is 11.1 Å². The average Bonchev–Trinajstić information content (AvgIpc) is 3.40. The molecular weight excluding hydrogens is 488 g/mol. The Kier molecular flexibility index (Phi) is 7.95. The number of hydrogen-bond donors (Lipinski definition) is 3. The minimum atomic E-state index is -1.32. The van der Waals surface area contributed by atoms with Crippen molar-refractivity contribution in [2.45, 2.75) is 116 Å². The molecule has 0 bridgehead atoms. The van der Waals surface area contributed by atoms with Gasteiger partial charge in [-0.25, -0.2) is 0 Å². The first-order chi connectivity index (χ1) is 17.9. The number of methoxy groups -OCH3 is 1. The van der Waals surface area contributed by atoms with Crippen molar-refractivity contribution in [2.24, 2.45) is 29.1 Å². The van der Waals surface area contributed by atoms with Crippen LogP contribution in [0.2, 0.25) is 0 Å². The molecule has 216 valence electrons. The van der Waals surface area contributed by atoms with Gasteiger partial charge in [0.2, 0.25) is 0 Å². The number of fused-ring (bicyclic) bond motifs is 3. The van der Waals surface area contributed by atoms with Crippen molar-refractivity contribution in [3.63, 3.8) is 0 Å². The molecule has 0 radical (unpaired) electrons. The summed E-state index contributed by atoms with van der Waals surface area (Å²) in [7, 11) is 1.76. The normalized spacial score (nSPS) is 48.1. The monoisotopic (exact) mass is 536 g/mol. The Hall–Kier alpha value is -0.840. The summed E-state index contributed by atoms with van der Waals surface area (Å²) in [5.41, 5.74) is 3.53. The maximum atomic E-state index is 12.0. The molecule has 0 aromatic heterocycles. The minimum absolute atomic E-state index is 0.0558. The lowest BCUT2D eigenvalue weighted by Crippen LogP contribution is -2.65. The van der Waals surface area contributed by atoms with Gasteiger partial charge >= 0.3 is 0 Å². The molecule has 11 atom stereocenters. The largest absolute Gasteiger partial charge is 0.390 e. The summed E-state index contributed by atoms with van der Waals surface area (Å²) in [6.45, 7) is 13.2. The van der Waals surface area contributed by atoms with Gasteiger partial charge in [-0.2, -0.15) is 0 Å². The molecule has 0 aromatic rings. The highest BCUT2D eigenvalue weighted by molar-refractivity contribution is 5.41. The molecule has 0 amide bonds. The summed E-state index contributed by atoms with van der Waals surface area (Å²) < 4.78 is 30.1. The van der Waals surface area contributed by atoms with Gasteiger partial charge in [-0.05, 0) is 62.9 Å². The minimum Gasteiger partial charge on any atom is -0.390 e. The Morgan fingerprint density at radius 1 is 1.08 bits per heavy atom. The van der Waals surface area contributed by atoms with Crippen LogP contribution in [0.1, 0.15) is 67.2 Å². The average molecular weight is 537 g/mol. The van der Waals surface area contributed by atoms with E-state index in [2.05, 4.69) is 33.8 Å². The fourth-order valence-electron chi connectivity index (χ4n) is 7.76. The molecule has 8 heteroatoms. The van der Waals surface area contributed by atoms with E-state index in [1.54, 1.807) is 21.0 Å². The summed E-state index contributed by atoms with van der Waals surface area (Å²) in [6.07, 6.45) is -0.00587. The van der Waals surface area contributed by atoms with Crippen molar-refractivity contribution in [3.05, 3.63) is 22.8 Å². The van der Waals surface area contributed by atoms with Crippen molar-refractivity contribution >= 4 is 0 Å². The molecule has 3 fully saturated rings. The predicted molar refractivity (Wildman–Crippen MR) is 141 cm³/mol. The summed E-state index contributed by atoms with van der Waals surface area (Å²) in [4.78, 5) is 0. The SMILES string of the molecule is COC[C@H]1CC[C@@H]2/C1=C\[C@@]1(C)CCC(C(C)C)=C1[C@@H](O[C@@H]1O[C@@H]3COC(C)(C)O[C@H]3[C@H](O)[C@H]1O)[C@H](O)[C@@H]2C. The lowest BCUT2D eigenvalue weighted by molar-refractivity contribution is -0.387. The number of rotatable bonds is 5. The quantitative estimate of drug-likeness (QED) is 0.460. The number of ether oxygens (including phenoxy) is 5. The molecule has 38 heavy (non-hydrogen) atoms. The van der Waals surface area contributed by atoms with Gasteiger partial charge in [0.15, 0.2) is 12.1 Å². The van der Waals surface area contributed by atoms with E-state index in [0.717, 1.165) is 31.3 Å². The first-order valence-electron chi connectivity index (χ1n) is 14.5. The van der Waals surface area contributed by atoms with Crippen LogP contribution in [0.4, 0.5) is 0 Å². The molecule has 1 saturated carbocycles. The molecule has 0 spiro atoms. The molecule has 0 unspecified atom stereocenters. The van der Waals surface area contributed by atoms with E-state index in [1.807, 2.05) is 0 Å². The van der Waals surface area contributed by atoms with E-state index in [9.17, 15) is 15.3 Å². The molecule has 0 aromatic carbocycles. The van der Waals surface area contributed by atoms with Crippen molar-refractivity contribution in [2.75, 3.05) is 20.3 Å². The van der Waals surface area contributed by atoms with Gasteiger partial charge in [-0.15, -0.1) is 0 Å². The summed E-state index contributed by atoms with van der Waals surface area (Å²) >= 11 is 0. The van der Waals surface area contributed by atoms with E-state index >= 15 is 0 Å². The molecule has 5 rings (SSSR count). The Balaban J connectivity index is 1.51. The molecule has 2 aliphatic heterocycles. The molecule has 8 nitrogen and oxygen atoms in total. The third kappa shape index (κ3) is 4.94. The first-order valence-corrected chi connectivity index (χ1v) is 14.5. The van der Waals surface area contributed by atoms with Crippen LogP contribution in [0.5, 0.6) is 0 Å². The molecule has 2 heterocycles. The molecule has 3 aliphatic carbocycles. The van der Waals surface area contributed by atoms with Gasteiger partial charge in [0.05, 0.1) is 19.3 Å². The van der Waals surface area contributed by atoms with Gasteiger partial charge in [0.25, 0.3) is 0 Å². The van der Waals surface area contributed by atoms with E-state index in [-0.39, 0.29) is 23.9 Å². The second-order valence-corrected chi connectivity index (χ2v) is 13.2. The highest BCUT2D eigenvalue weighted by atomic mass is 16.8. The van der Waals surface area contributed by atoms with Gasteiger partial charge in [0.1, 0.15) is 30.5 Å². The van der Waals surface area contributed by atoms with Crippen LogP contribution in [0, 0.1) is 29.1 Å². The van der Waals surface area contributed by atoms with Crippen LogP contribution in [-0.4, -0.2) is 84.3 Å². The van der Waals surface area contributed by atoms with Gasteiger partial charge in [-0.3, -0.25) is 0 Å². The van der Waals surface area contributed by atoms with Gasteiger partial charge < -0.3 is 39.0 Å². The Morgan fingerprint density at radius 3 is 2.50 bits per heavy atom. The second-order valence-electron chi connectivity index (χ2n) is 13.2. The fraction of sp³-hybridized carbons (Fsp3) is 0.867. The van der Waals surface area contributed by atoms with Crippen LogP contribution < -0.4 is 0 Å². The highest BCUT2D eigenvalue weighted by Crippen LogP contribution is 2.55. The number of aliphatic hydroxyl groups is 3. The lowest BCUT2D eigenvalue weighted by Gasteiger charge is -2.50. The van der Waals surface area contributed by atoms with Crippen molar-refractivity contribution in [1.82, 2.24) is 0 Å². The van der Waals surface area contributed by atoms with Crippen LogP contribution in [0.3, 0.4) is 0 Å². The zero-order valence-corrected chi connectivity index (χ0v) is 24.1. The fourth-order valence-corrected chi connectivity index (χ4v) is 7.76. The van der Waals surface area contributed by atoms with Gasteiger partial charge in [0, 0.05) is 18.4 Å². The Labute approximate surface area is 227 Å². The van der Waals surface area contributed by atoms with E-state index in [4.69, 9.17) is 23.7 Å². The van der Waals surface area contributed by atoms with Crippen molar-refractivity contribution in [3.8, 4) is 0 Å². The van der Waals surface area contributed by atoms with E-state index < -0.39 is 48.7 Å². The lowest BCUT2D eigenvalue weighted by atomic mass is 9.68. The molecule has 3 N–H and O–H groups in total. The highest BCUT2D eigenvalue weighted by Gasteiger charge is 2.54. The third-order valence-corrected chi connectivity index (χ3v) is 9.86. The van der Waals surface area contributed by atoms with Gasteiger partial charge in [-0.1, -0.05) is 44.9 Å². The number of allylic oxidation sites excluding steroid dienone is 2. The van der Waals surface area contributed by atoms with E-state index in [0.29, 0.717) is 18.4 Å². The summed E-state index contributed by atoms with van der Waals surface area (Å²) in [5.74, 6) is -0.0306. The maximum Gasteiger partial charge on any atom is 0.187 e. The van der Waals surface area contributed by atoms with Crippen LogP contribution in [-0.2, 0) is 23.7 Å². The zero-order valence-electron chi connectivity index (χ0n) is 24.1. The van der Waals surface area contributed by atoms with Crippen LogP contribution in [0.15, 0.2) is 22.8 Å². The Bertz CT molecular complexity index is 941. The smallest absolute Gasteiger partial charge is 0.187 e. The number of aliphatic hydroxyl groups excluding tert-OH is 3. The molecule has 2 saturated heterocycles.